The Hall–Kier alpha value is -1.43. The van der Waals surface area contributed by atoms with Gasteiger partial charge in [-0.25, -0.2) is 0 Å². The molecule has 0 heterocycles. The lowest BCUT2D eigenvalue weighted by Gasteiger charge is -2.08. The fraction of sp³-hybridized carbons (Fsp3) is 0.143. The molecule has 2 heteroatoms. The summed E-state index contributed by atoms with van der Waals surface area (Å²) in [6, 6.07) is 17.3. The van der Waals surface area contributed by atoms with E-state index in [2.05, 4.69) is 64.2 Å². The molecule has 0 N–H and O–H groups in total. The van der Waals surface area contributed by atoms with Gasteiger partial charge in [-0.1, -0.05) is 70.6 Å². The van der Waals surface area contributed by atoms with Crippen LogP contribution in [0.1, 0.15) is 11.1 Å². The number of rotatable bonds is 3. The minimum Gasteiger partial charge on any atom is -0.0858 e. The zero-order valence-electron chi connectivity index (χ0n) is 10.0. The molecule has 0 nitrogen and oxygen atoms in total. The number of hydrogen-bond acceptors (Lipinski definition) is 0. The molecule has 16 heavy (non-hydrogen) atoms. The van der Waals surface area contributed by atoms with Crippen molar-refractivity contribution in [2.24, 2.45) is 0 Å². The Balaban J connectivity index is 2.09. The minimum atomic E-state index is 1.14. The molecule has 0 bridgehead atoms. The molecule has 0 fully saturated rings. The van der Waals surface area contributed by atoms with Crippen LogP contribution in [-0.2, 0) is 12.8 Å². The second kappa shape index (κ2) is 5.07. The summed E-state index contributed by atoms with van der Waals surface area (Å²) in [6.07, 6.45) is 2.27. The lowest BCUT2D eigenvalue weighted by atomic mass is 9.85. The van der Waals surface area contributed by atoms with Gasteiger partial charge in [0.15, 0.2) is 0 Å². The highest BCUT2D eigenvalue weighted by Gasteiger charge is 2.00. The van der Waals surface area contributed by atoms with Gasteiger partial charge < -0.3 is 0 Å². The quantitative estimate of drug-likeness (QED) is 0.619. The Morgan fingerprint density at radius 1 is 0.625 bits per heavy atom. The van der Waals surface area contributed by atoms with Crippen molar-refractivity contribution in [2.75, 3.05) is 0 Å². The molecule has 0 saturated carbocycles. The topological polar surface area (TPSA) is 0 Å². The van der Waals surface area contributed by atoms with E-state index in [-0.39, 0.29) is 0 Å². The van der Waals surface area contributed by atoms with E-state index in [4.69, 9.17) is 0 Å². The number of benzene rings is 2. The second-order valence-corrected chi connectivity index (χ2v) is 4.35. The van der Waals surface area contributed by atoms with Crippen molar-refractivity contribution in [3.8, 4) is 0 Å². The second-order valence-electron chi connectivity index (χ2n) is 4.35. The van der Waals surface area contributed by atoms with Crippen LogP contribution in [-0.4, -0.2) is 15.7 Å². The maximum atomic E-state index is 2.23. The van der Waals surface area contributed by atoms with E-state index in [1.807, 2.05) is 0 Å². The smallest absolute Gasteiger partial charge is 0.0858 e. The van der Waals surface area contributed by atoms with Crippen molar-refractivity contribution in [3.05, 3.63) is 59.7 Å². The van der Waals surface area contributed by atoms with E-state index in [1.165, 1.54) is 22.1 Å². The third-order valence-electron chi connectivity index (χ3n) is 3.19. The molecule has 0 amide bonds. The lowest BCUT2D eigenvalue weighted by Crippen LogP contribution is -2.14. The summed E-state index contributed by atoms with van der Waals surface area (Å²) in [7, 11) is 4.38. The number of hydrogen-bond donors (Lipinski definition) is 0. The fourth-order valence-electron chi connectivity index (χ4n) is 2.05. The van der Waals surface area contributed by atoms with Crippen LogP contribution in [0.4, 0.5) is 0 Å². The van der Waals surface area contributed by atoms with Crippen LogP contribution in [0.25, 0.3) is 0 Å². The largest absolute Gasteiger partial charge is 0.139 e. The van der Waals surface area contributed by atoms with Crippen LogP contribution in [0.5, 0.6) is 0 Å². The van der Waals surface area contributed by atoms with Crippen LogP contribution < -0.4 is 10.9 Å². The summed E-state index contributed by atoms with van der Waals surface area (Å²) in [5, 5.41) is 0. The molecule has 0 aliphatic rings. The van der Waals surface area contributed by atoms with E-state index < -0.39 is 0 Å². The SMILES string of the molecule is Bc1ccccc1CCc1ccccc1B. The predicted octanol–water partition coefficient (Wildman–Crippen LogP) is -0.0114. The van der Waals surface area contributed by atoms with Crippen LogP contribution in [0.2, 0.25) is 0 Å². The Morgan fingerprint density at radius 3 is 1.38 bits per heavy atom. The summed E-state index contributed by atoms with van der Waals surface area (Å²) in [4.78, 5) is 0. The van der Waals surface area contributed by atoms with Gasteiger partial charge in [0.2, 0.25) is 0 Å². The Bertz CT molecular complexity index is 432. The third kappa shape index (κ3) is 2.57. The van der Waals surface area contributed by atoms with Gasteiger partial charge in [0.25, 0.3) is 0 Å². The molecule has 2 rings (SSSR count). The lowest BCUT2D eigenvalue weighted by molar-refractivity contribution is 0.973. The Labute approximate surface area is 99.5 Å². The van der Waals surface area contributed by atoms with Crippen molar-refractivity contribution >= 4 is 26.6 Å². The first-order chi connectivity index (χ1) is 7.77. The van der Waals surface area contributed by atoms with Crippen molar-refractivity contribution in [2.45, 2.75) is 12.8 Å². The van der Waals surface area contributed by atoms with Gasteiger partial charge in [-0.3, -0.25) is 0 Å². The van der Waals surface area contributed by atoms with Gasteiger partial charge in [0.1, 0.15) is 15.7 Å². The standard InChI is InChI=1S/C14H16B2/c15-13-7-3-1-5-11(13)9-10-12-6-2-4-8-14(12)16/h1-8H,9-10,15-16H2. The predicted molar refractivity (Wildman–Crippen MR) is 76.6 cm³/mol. The average molecular weight is 206 g/mol. The van der Waals surface area contributed by atoms with Gasteiger partial charge in [0.05, 0.1) is 0 Å². The molecule has 0 unspecified atom stereocenters. The summed E-state index contributed by atoms with van der Waals surface area (Å²) in [6.45, 7) is 0. The highest BCUT2D eigenvalue weighted by molar-refractivity contribution is 6.33. The normalized spacial score (nSPS) is 10.2. The molecular formula is C14H16B2. The van der Waals surface area contributed by atoms with Crippen LogP contribution in [0.15, 0.2) is 48.5 Å². The molecule has 0 aliphatic heterocycles. The summed E-state index contributed by atoms with van der Waals surface area (Å²) in [5.74, 6) is 0. The first kappa shape index (κ1) is 11.1. The molecule has 78 valence electrons. The molecule has 0 saturated heterocycles. The zero-order valence-corrected chi connectivity index (χ0v) is 10.0. The molecule has 0 atom stereocenters. The molecule has 2 aromatic carbocycles. The maximum absolute atomic E-state index is 2.23. The van der Waals surface area contributed by atoms with Gasteiger partial charge in [-0.05, 0) is 12.8 Å². The average Bonchev–Trinajstić information content (AvgIpc) is 2.30. The monoisotopic (exact) mass is 206 g/mol. The first-order valence-electron chi connectivity index (χ1n) is 5.86. The van der Waals surface area contributed by atoms with Crippen molar-refractivity contribution < 1.29 is 0 Å². The summed E-state index contributed by atoms with van der Waals surface area (Å²) in [5.41, 5.74) is 5.73. The molecule has 2 aromatic rings. The van der Waals surface area contributed by atoms with Crippen LogP contribution in [0, 0.1) is 0 Å². The molecule has 0 aromatic heterocycles. The van der Waals surface area contributed by atoms with Gasteiger partial charge in [0, 0.05) is 0 Å². The Kier molecular flexibility index (Phi) is 3.51. The molecule has 0 aliphatic carbocycles. The fourth-order valence-corrected chi connectivity index (χ4v) is 2.05. The minimum absolute atomic E-state index is 1.14. The van der Waals surface area contributed by atoms with E-state index in [9.17, 15) is 0 Å². The van der Waals surface area contributed by atoms with Crippen molar-refractivity contribution in [1.29, 1.82) is 0 Å². The zero-order chi connectivity index (χ0) is 11.4. The highest BCUT2D eigenvalue weighted by atomic mass is 14.0. The summed E-state index contributed by atoms with van der Waals surface area (Å²) >= 11 is 0. The molecule has 0 spiro atoms. The van der Waals surface area contributed by atoms with E-state index in [0.29, 0.717) is 0 Å². The van der Waals surface area contributed by atoms with Crippen LogP contribution >= 0.6 is 0 Å². The molecular weight excluding hydrogens is 190 g/mol. The summed E-state index contributed by atoms with van der Waals surface area (Å²) < 4.78 is 0. The van der Waals surface area contributed by atoms with E-state index in [0.717, 1.165) is 12.8 Å². The van der Waals surface area contributed by atoms with Gasteiger partial charge in [-0.15, -0.1) is 0 Å². The number of aryl methyl sites for hydroxylation is 2. The Morgan fingerprint density at radius 2 is 1.00 bits per heavy atom. The van der Waals surface area contributed by atoms with Gasteiger partial charge >= 0.3 is 0 Å². The van der Waals surface area contributed by atoms with Crippen molar-refractivity contribution in [3.63, 3.8) is 0 Å². The van der Waals surface area contributed by atoms with Crippen LogP contribution in [0.3, 0.4) is 0 Å². The van der Waals surface area contributed by atoms with E-state index in [1.54, 1.807) is 0 Å². The maximum Gasteiger partial charge on any atom is 0.139 e. The van der Waals surface area contributed by atoms with E-state index >= 15 is 0 Å². The highest BCUT2D eigenvalue weighted by Crippen LogP contribution is 2.03. The van der Waals surface area contributed by atoms with Crippen molar-refractivity contribution in [1.82, 2.24) is 0 Å². The third-order valence-corrected chi connectivity index (χ3v) is 3.19. The molecule has 0 radical (unpaired) electrons. The van der Waals surface area contributed by atoms with Gasteiger partial charge in [-0.2, -0.15) is 0 Å². The first-order valence-corrected chi connectivity index (χ1v) is 5.86.